The summed E-state index contributed by atoms with van der Waals surface area (Å²) in [5.74, 6) is 1.90. The Labute approximate surface area is 111 Å². The van der Waals surface area contributed by atoms with Crippen molar-refractivity contribution >= 4 is 5.57 Å². The Bertz CT molecular complexity index is 441. The van der Waals surface area contributed by atoms with Crippen molar-refractivity contribution in [2.75, 3.05) is 0 Å². The van der Waals surface area contributed by atoms with Gasteiger partial charge in [0.05, 0.1) is 0 Å². The number of rotatable bonds is 6. The van der Waals surface area contributed by atoms with Crippen molar-refractivity contribution < 1.29 is 0 Å². The third-order valence-corrected chi connectivity index (χ3v) is 4.62. The zero-order valence-corrected chi connectivity index (χ0v) is 11.5. The number of benzene rings is 1. The lowest BCUT2D eigenvalue weighted by atomic mass is 10.00. The average molecular weight is 240 g/mol. The predicted molar refractivity (Wildman–Crippen MR) is 78.5 cm³/mol. The van der Waals surface area contributed by atoms with Crippen LogP contribution in [0.1, 0.15) is 56.6 Å². The first-order valence-electron chi connectivity index (χ1n) is 7.68. The van der Waals surface area contributed by atoms with Crippen LogP contribution in [0.5, 0.6) is 0 Å². The summed E-state index contributed by atoms with van der Waals surface area (Å²) in [5, 5.41) is 0. The molecule has 1 fully saturated rings. The second-order valence-electron chi connectivity index (χ2n) is 5.97. The molecule has 0 heteroatoms. The highest BCUT2D eigenvalue weighted by Crippen LogP contribution is 2.52. The van der Waals surface area contributed by atoms with Crippen molar-refractivity contribution in [1.29, 1.82) is 0 Å². The van der Waals surface area contributed by atoms with Crippen LogP contribution < -0.4 is 0 Å². The topological polar surface area (TPSA) is 0 Å². The van der Waals surface area contributed by atoms with Gasteiger partial charge in [0.1, 0.15) is 0 Å². The van der Waals surface area contributed by atoms with Gasteiger partial charge in [-0.3, -0.25) is 0 Å². The fraction of sp³-hybridized carbons (Fsp3) is 0.556. The van der Waals surface area contributed by atoms with Gasteiger partial charge in [-0.05, 0) is 47.8 Å². The standard InChI is InChI=1S/C18H24/c1-2-3-4-5-9-15-13-18(15)17-12-11-14-8-6-7-10-16(14)17/h6-8,10,12,15,18H,2-5,9,11,13H2,1H3/t15-,18-/m0/s1. The summed E-state index contributed by atoms with van der Waals surface area (Å²) in [7, 11) is 0. The molecule has 96 valence electrons. The lowest BCUT2D eigenvalue weighted by Crippen LogP contribution is -1.89. The van der Waals surface area contributed by atoms with Gasteiger partial charge in [0.25, 0.3) is 0 Å². The van der Waals surface area contributed by atoms with Crippen LogP contribution in [0.2, 0.25) is 0 Å². The van der Waals surface area contributed by atoms with Gasteiger partial charge in [-0.2, -0.15) is 0 Å². The maximum absolute atomic E-state index is 2.49. The van der Waals surface area contributed by atoms with E-state index in [4.69, 9.17) is 0 Å². The fourth-order valence-corrected chi connectivity index (χ4v) is 3.44. The SMILES string of the molecule is CCCCCC[C@H]1C[C@@H]1C1=CCc2ccccc21. The Morgan fingerprint density at radius 3 is 2.89 bits per heavy atom. The normalized spacial score (nSPS) is 24.8. The molecule has 3 rings (SSSR count). The lowest BCUT2D eigenvalue weighted by Gasteiger charge is -2.05. The molecule has 0 nitrogen and oxygen atoms in total. The monoisotopic (exact) mass is 240 g/mol. The number of allylic oxidation sites excluding steroid dienone is 2. The van der Waals surface area contributed by atoms with Crippen molar-refractivity contribution in [2.24, 2.45) is 11.8 Å². The molecule has 0 aliphatic heterocycles. The molecule has 2 atom stereocenters. The molecule has 0 unspecified atom stereocenters. The van der Waals surface area contributed by atoms with Gasteiger partial charge in [-0.1, -0.05) is 62.9 Å². The number of hydrogen-bond donors (Lipinski definition) is 0. The van der Waals surface area contributed by atoms with Crippen LogP contribution in [0.3, 0.4) is 0 Å². The molecule has 0 spiro atoms. The third kappa shape index (κ3) is 2.39. The van der Waals surface area contributed by atoms with E-state index in [-0.39, 0.29) is 0 Å². The predicted octanol–water partition coefficient (Wildman–Crippen LogP) is 5.23. The summed E-state index contributed by atoms with van der Waals surface area (Å²) in [4.78, 5) is 0. The largest absolute Gasteiger partial charge is 0.0760 e. The zero-order chi connectivity index (χ0) is 12.4. The van der Waals surface area contributed by atoms with E-state index in [1.807, 2.05) is 0 Å². The Hall–Kier alpha value is -1.04. The van der Waals surface area contributed by atoms with E-state index in [0.717, 1.165) is 11.8 Å². The fourth-order valence-electron chi connectivity index (χ4n) is 3.44. The van der Waals surface area contributed by atoms with Crippen LogP contribution in [0.15, 0.2) is 30.3 Å². The molecule has 18 heavy (non-hydrogen) atoms. The molecular weight excluding hydrogens is 216 g/mol. The van der Waals surface area contributed by atoms with E-state index in [9.17, 15) is 0 Å². The van der Waals surface area contributed by atoms with E-state index in [1.165, 1.54) is 44.9 Å². The van der Waals surface area contributed by atoms with E-state index < -0.39 is 0 Å². The van der Waals surface area contributed by atoms with Crippen molar-refractivity contribution in [1.82, 2.24) is 0 Å². The second kappa shape index (κ2) is 5.30. The minimum Gasteiger partial charge on any atom is -0.0760 e. The van der Waals surface area contributed by atoms with Gasteiger partial charge < -0.3 is 0 Å². The summed E-state index contributed by atoms with van der Waals surface area (Å²) >= 11 is 0. The Kier molecular flexibility index (Phi) is 3.54. The van der Waals surface area contributed by atoms with E-state index in [0.29, 0.717) is 0 Å². The Morgan fingerprint density at radius 2 is 2.00 bits per heavy atom. The molecule has 0 saturated heterocycles. The van der Waals surface area contributed by atoms with Gasteiger partial charge in [-0.25, -0.2) is 0 Å². The van der Waals surface area contributed by atoms with E-state index in [2.05, 4.69) is 37.3 Å². The lowest BCUT2D eigenvalue weighted by molar-refractivity contribution is 0.587. The molecule has 1 saturated carbocycles. The Morgan fingerprint density at radius 1 is 1.11 bits per heavy atom. The highest BCUT2D eigenvalue weighted by molar-refractivity contribution is 5.76. The first-order chi connectivity index (χ1) is 8.90. The van der Waals surface area contributed by atoms with Crippen molar-refractivity contribution in [3.05, 3.63) is 41.5 Å². The highest BCUT2D eigenvalue weighted by Gasteiger charge is 2.40. The smallest absolute Gasteiger partial charge is 0.00853 e. The molecular formula is C18H24. The van der Waals surface area contributed by atoms with Crippen molar-refractivity contribution in [3.63, 3.8) is 0 Å². The van der Waals surface area contributed by atoms with E-state index >= 15 is 0 Å². The summed E-state index contributed by atoms with van der Waals surface area (Å²) in [5.41, 5.74) is 4.77. The Balaban J connectivity index is 1.53. The van der Waals surface area contributed by atoms with Crippen LogP contribution in [-0.2, 0) is 6.42 Å². The summed E-state index contributed by atoms with van der Waals surface area (Å²) < 4.78 is 0. The molecule has 0 amide bonds. The molecule has 0 aromatic heterocycles. The molecule has 2 aliphatic rings. The van der Waals surface area contributed by atoms with Crippen molar-refractivity contribution in [3.8, 4) is 0 Å². The van der Waals surface area contributed by atoms with Gasteiger partial charge in [-0.15, -0.1) is 0 Å². The number of unbranched alkanes of at least 4 members (excludes halogenated alkanes) is 3. The quantitative estimate of drug-likeness (QED) is 0.597. The van der Waals surface area contributed by atoms with Crippen LogP contribution in [-0.4, -0.2) is 0 Å². The first-order valence-corrected chi connectivity index (χ1v) is 7.68. The van der Waals surface area contributed by atoms with Crippen LogP contribution >= 0.6 is 0 Å². The molecule has 0 bridgehead atoms. The molecule has 1 aromatic rings. The second-order valence-corrected chi connectivity index (χ2v) is 5.97. The van der Waals surface area contributed by atoms with Crippen LogP contribution in [0.4, 0.5) is 0 Å². The van der Waals surface area contributed by atoms with Crippen LogP contribution in [0.25, 0.3) is 5.57 Å². The number of hydrogen-bond acceptors (Lipinski definition) is 0. The van der Waals surface area contributed by atoms with Gasteiger partial charge >= 0.3 is 0 Å². The van der Waals surface area contributed by atoms with Gasteiger partial charge in [0, 0.05) is 0 Å². The molecule has 2 aliphatic carbocycles. The average Bonchev–Trinajstić information content (AvgIpc) is 3.04. The van der Waals surface area contributed by atoms with Gasteiger partial charge in [0.15, 0.2) is 0 Å². The zero-order valence-electron chi connectivity index (χ0n) is 11.5. The molecule has 1 aromatic carbocycles. The summed E-state index contributed by atoms with van der Waals surface area (Å²) in [6, 6.07) is 8.97. The van der Waals surface area contributed by atoms with Crippen LogP contribution in [0, 0.1) is 11.8 Å². The third-order valence-electron chi connectivity index (χ3n) is 4.62. The summed E-state index contributed by atoms with van der Waals surface area (Å²) in [6.07, 6.45) is 12.2. The maximum atomic E-state index is 2.49. The molecule has 0 radical (unpaired) electrons. The molecule has 0 N–H and O–H groups in total. The van der Waals surface area contributed by atoms with Crippen molar-refractivity contribution in [2.45, 2.75) is 51.9 Å². The minimum absolute atomic E-state index is 0.898. The van der Waals surface area contributed by atoms with Gasteiger partial charge in [0.2, 0.25) is 0 Å². The van der Waals surface area contributed by atoms with E-state index in [1.54, 1.807) is 16.7 Å². The minimum atomic E-state index is 0.898. The summed E-state index contributed by atoms with van der Waals surface area (Å²) in [6.45, 7) is 2.29. The number of fused-ring (bicyclic) bond motifs is 1. The maximum Gasteiger partial charge on any atom is -0.00853 e. The first kappa shape index (κ1) is 12.0. The highest BCUT2D eigenvalue weighted by atomic mass is 14.4. The molecule has 0 heterocycles.